The van der Waals surface area contributed by atoms with Crippen molar-refractivity contribution in [2.24, 2.45) is 0 Å². The summed E-state index contributed by atoms with van der Waals surface area (Å²) in [6, 6.07) is -0.0214. The number of β-lactam (4-membered cyclic amide) rings is 1. The van der Waals surface area contributed by atoms with Gasteiger partial charge in [-0.15, -0.1) is 0 Å². The second-order valence-electron chi connectivity index (χ2n) is 3.78. The first-order valence-corrected chi connectivity index (χ1v) is 5.28. The van der Waals surface area contributed by atoms with Gasteiger partial charge in [0.05, 0.1) is 19.1 Å². The lowest BCUT2D eigenvalue weighted by Crippen LogP contribution is -2.59. The van der Waals surface area contributed by atoms with E-state index in [1.54, 1.807) is 19.2 Å². The molecule has 0 N–H and O–H groups in total. The monoisotopic (exact) mass is 222 g/mol. The molecule has 1 fully saturated rings. The van der Waals surface area contributed by atoms with Crippen LogP contribution in [0.5, 0.6) is 0 Å². The third-order valence-electron chi connectivity index (χ3n) is 2.57. The Kier molecular flexibility index (Phi) is 2.68. The standard InChI is InChI=1S/C11H14N2O3/c1-3-16-11(15)12-5-4-8(2)6-9-7-10(14)13(9)12/h4-6,9H,3,7H2,1-2H3. The van der Waals surface area contributed by atoms with Gasteiger partial charge in [0.15, 0.2) is 0 Å². The lowest BCUT2D eigenvalue weighted by atomic mass is 10.0. The quantitative estimate of drug-likeness (QED) is 0.631. The minimum atomic E-state index is -0.514. The van der Waals surface area contributed by atoms with Crippen molar-refractivity contribution >= 4 is 12.0 Å². The zero-order chi connectivity index (χ0) is 11.7. The van der Waals surface area contributed by atoms with E-state index in [0.717, 1.165) is 5.57 Å². The molecule has 0 aromatic rings. The van der Waals surface area contributed by atoms with Crippen LogP contribution in [0.25, 0.3) is 0 Å². The number of rotatable bonds is 1. The fourth-order valence-corrected chi connectivity index (χ4v) is 1.80. The number of hydrogen-bond acceptors (Lipinski definition) is 3. The molecule has 86 valence electrons. The van der Waals surface area contributed by atoms with Gasteiger partial charge in [-0.2, -0.15) is 5.01 Å². The second-order valence-corrected chi connectivity index (χ2v) is 3.78. The van der Waals surface area contributed by atoms with E-state index in [9.17, 15) is 9.59 Å². The maximum absolute atomic E-state index is 11.6. The highest BCUT2D eigenvalue weighted by atomic mass is 16.6. The van der Waals surface area contributed by atoms with E-state index in [-0.39, 0.29) is 11.9 Å². The normalized spacial score (nSPS) is 23.2. The Morgan fingerprint density at radius 3 is 3.00 bits per heavy atom. The number of amides is 2. The van der Waals surface area contributed by atoms with Crippen LogP contribution in [-0.4, -0.2) is 34.7 Å². The molecule has 1 saturated heterocycles. The van der Waals surface area contributed by atoms with E-state index in [1.807, 2.05) is 13.0 Å². The highest BCUT2D eigenvalue weighted by Gasteiger charge is 2.41. The Bertz CT molecular complexity index is 387. The van der Waals surface area contributed by atoms with Crippen molar-refractivity contribution in [3.63, 3.8) is 0 Å². The van der Waals surface area contributed by atoms with Crippen LogP contribution < -0.4 is 0 Å². The number of ether oxygens (including phenoxy) is 1. The van der Waals surface area contributed by atoms with Gasteiger partial charge in [-0.25, -0.2) is 9.80 Å². The molecule has 0 aromatic heterocycles. The Morgan fingerprint density at radius 2 is 2.38 bits per heavy atom. The summed E-state index contributed by atoms with van der Waals surface area (Å²) in [4.78, 5) is 23.1. The third kappa shape index (κ3) is 1.68. The van der Waals surface area contributed by atoms with Crippen LogP contribution in [0.4, 0.5) is 4.79 Å². The van der Waals surface area contributed by atoms with Crippen LogP contribution >= 0.6 is 0 Å². The first-order valence-electron chi connectivity index (χ1n) is 5.28. The van der Waals surface area contributed by atoms with Gasteiger partial charge in [-0.1, -0.05) is 11.6 Å². The van der Waals surface area contributed by atoms with Gasteiger partial charge in [0.1, 0.15) is 0 Å². The molecule has 0 spiro atoms. The highest BCUT2D eigenvalue weighted by molar-refractivity contribution is 5.86. The third-order valence-corrected chi connectivity index (χ3v) is 2.57. The summed E-state index contributed by atoms with van der Waals surface area (Å²) in [5.41, 5.74) is 1.04. The van der Waals surface area contributed by atoms with Gasteiger partial charge in [0.25, 0.3) is 0 Å². The molecule has 0 radical (unpaired) electrons. The largest absolute Gasteiger partial charge is 0.448 e. The van der Waals surface area contributed by atoms with Crippen LogP contribution in [0.15, 0.2) is 23.9 Å². The summed E-state index contributed by atoms with van der Waals surface area (Å²) in [7, 11) is 0. The Hall–Kier alpha value is -1.78. The highest BCUT2D eigenvalue weighted by Crippen LogP contribution is 2.27. The molecule has 16 heavy (non-hydrogen) atoms. The fraction of sp³-hybridized carbons (Fsp3) is 0.455. The van der Waals surface area contributed by atoms with Crippen molar-refractivity contribution < 1.29 is 14.3 Å². The summed E-state index contributed by atoms with van der Waals surface area (Å²) < 4.78 is 4.89. The molecule has 0 aromatic carbocycles. The molecule has 2 aliphatic rings. The van der Waals surface area contributed by atoms with E-state index in [0.29, 0.717) is 13.0 Å². The van der Waals surface area contributed by atoms with Crippen molar-refractivity contribution in [1.29, 1.82) is 0 Å². The first kappa shape index (κ1) is 10.7. The zero-order valence-corrected chi connectivity index (χ0v) is 9.34. The van der Waals surface area contributed by atoms with Crippen LogP contribution in [0.2, 0.25) is 0 Å². The number of fused-ring (bicyclic) bond motifs is 1. The van der Waals surface area contributed by atoms with Crippen LogP contribution in [0.1, 0.15) is 20.3 Å². The van der Waals surface area contributed by atoms with Crippen molar-refractivity contribution in [3.05, 3.63) is 23.9 Å². The van der Waals surface area contributed by atoms with Crippen molar-refractivity contribution in [3.8, 4) is 0 Å². The van der Waals surface area contributed by atoms with Gasteiger partial charge < -0.3 is 4.74 Å². The van der Waals surface area contributed by atoms with Crippen LogP contribution in [-0.2, 0) is 9.53 Å². The first-order chi connectivity index (χ1) is 7.63. The molecule has 0 bridgehead atoms. The smallest absolute Gasteiger partial charge is 0.433 e. The maximum atomic E-state index is 11.6. The van der Waals surface area contributed by atoms with E-state index in [4.69, 9.17) is 4.74 Å². The molecule has 1 atom stereocenters. The summed E-state index contributed by atoms with van der Waals surface area (Å²) in [5, 5.41) is 2.66. The van der Waals surface area contributed by atoms with Gasteiger partial charge >= 0.3 is 6.09 Å². The van der Waals surface area contributed by atoms with E-state index in [1.165, 1.54) is 10.0 Å². The molecule has 2 heterocycles. The SMILES string of the molecule is CCOC(=O)N1C=CC(C)=CC2CC(=O)N21. The lowest BCUT2D eigenvalue weighted by molar-refractivity contribution is -0.161. The van der Waals surface area contributed by atoms with E-state index in [2.05, 4.69) is 0 Å². The number of allylic oxidation sites excluding steroid dienone is 2. The summed E-state index contributed by atoms with van der Waals surface area (Å²) >= 11 is 0. The Morgan fingerprint density at radius 1 is 1.62 bits per heavy atom. The molecule has 2 rings (SSSR count). The second kappa shape index (κ2) is 4.00. The van der Waals surface area contributed by atoms with Crippen molar-refractivity contribution in [2.75, 3.05) is 6.61 Å². The lowest BCUT2D eigenvalue weighted by Gasteiger charge is -2.42. The summed E-state index contributed by atoms with van der Waals surface area (Å²) in [6.07, 6.45) is 5.27. The average molecular weight is 222 g/mol. The molecule has 1 unspecified atom stereocenters. The predicted octanol–water partition coefficient (Wildman–Crippen LogP) is 1.43. The molecule has 2 amide bonds. The van der Waals surface area contributed by atoms with Gasteiger partial charge in [0.2, 0.25) is 5.91 Å². The average Bonchev–Trinajstić information content (AvgIpc) is 2.35. The molecular weight excluding hydrogens is 208 g/mol. The van der Waals surface area contributed by atoms with Crippen molar-refractivity contribution in [1.82, 2.24) is 10.0 Å². The van der Waals surface area contributed by atoms with Crippen LogP contribution in [0, 0.1) is 0 Å². The number of nitrogens with zero attached hydrogens (tertiary/aromatic N) is 2. The predicted molar refractivity (Wildman–Crippen MR) is 57.0 cm³/mol. The number of hydrazine groups is 1. The minimum absolute atomic E-state index is 0.0214. The van der Waals surface area contributed by atoms with Gasteiger partial charge in [-0.3, -0.25) is 4.79 Å². The van der Waals surface area contributed by atoms with Crippen LogP contribution in [0.3, 0.4) is 0 Å². The number of carbonyl (C=O) groups is 2. The number of hydrogen-bond donors (Lipinski definition) is 0. The van der Waals surface area contributed by atoms with E-state index < -0.39 is 6.09 Å². The molecule has 2 aliphatic heterocycles. The minimum Gasteiger partial charge on any atom is -0.448 e. The summed E-state index contributed by atoms with van der Waals surface area (Å²) in [5.74, 6) is -0.0614. The van der Waals surface area contributed by atoms with E-state index >= 15 is 0 Å². The van der Waals surface area contributed by atoms with Gasteiger partial charge in [-0.05, 0) is 19.9 Å². The molecule has 5 nitrogen and oxygen atoms in total. The van der Waals surface area contributed by atoms with Crippen molar-refractivity contribution in [2.45, 2.75) is 26.3 Å². The fourth-order valence-electron chi connectivity index (χ4n) is 1.80. The maximum Gasteiger partial charge on any atom is 0.433 e. The Labute approximate surface area is 93.9 Å². The molecule has 5 heteroatoms. The molecule has 0 aliphatic carbocycles. The molecule has 0 saturated carbocycles. The Balaban J connectivity index is 2.21. The molecular formula is C11H14N2O3. The zero-order valence-electron chi connectivity index (χ0n) is 9.34. The topological polar surface area (TPSA) is 49.9 Å². The number of carbonyl (C=O) groups excluding carboxylic acids is 2. The summed E-state index contributed by atoms with van der Waals surface area (Å²) in [6.45, 7) is 3.97. The van der Waals surface area contributed by atoms with Gasteiger partial charge in [0, 0.05) is 6.20 Å².